The maximum Gasteiger partial charge on any atom is 0.300 e. The topological polar surface area (TPSA) is 60.9 Å². The molecule has 1 N–H and O–H groups in total. The lowest BCUT2D eigenvalue weighted by Gasteiger charge is -2.32. The number of amides is 1. The van der Waals surface area contributed by atoms with Crippen molar-refractivity contribution in [1.82, 2.24) is 4.90 Å². The van der Waals surface area contributed by atoms with E-state index in [1.54, 1.807) is 0 Å². The first-order valence-corrected chi connectivity index (χ1v) is 6.62. The average molecular weight is 278 g/mol. The number of fused-ring (bicyclic) bond motifs is 1. The number of benzene rings is 1. The third-order valence-corrected chi connectivity index (χ3v) is 3.83. The monoisotopic (exact) mass is 278 g/mol. The highest BCUT2D eigenvalue weighted by molar-refractivity contribution is 6.52. The van der Waals surface area contributed by atoms with Crippen LogP contribution in [0.3, 0.4) is 0 Å². The first kappa shape index (κ1) is 13.2. The van der Waals surface area contributed by atoms with E-state index in [1.165, 1.54) is 17.0 Å². The Hall–Kier alpha value is -1.79. The van der Waals surface area contributed by atoms with Crippen LogP contribution in [0.2, 0.25) is 0 Å². The molecule has 0 aliphatic carbocycles. The number of anilines is 1. The second-order valence-corrected chi connectivity index (χ2v) is 5.21. The summed E-state index contributed by atoms with van der Waals surface area (Å²) in [5.41, 5.74) is 0.597. The van der Waals surface area contributed by atoms with E-state index in [9.17, 15) is 19.1 Å². The number of Topliss-reactive ketones (excluding diaryl/α,β-unsaturated/α-hetero) is 1. The third kappa shape index (κ3) is 2.21. The second kappa shape index (κ2) is 4.96. The lowest BCUT2D eigenvalue weighted by atomic mass is 10.1. The minimum absolute atomic E-state index is 0.132. The zero-order valence-corrected chi connectivity index (χ0v) is 10.9. The fraction of sp³-hybridized carbons (Fsp3) is 0.429. The summed E-state index contributed by atoms with van der Waals surface area (Å²) in [6.07, 6.45) is 1.03. The van der Waals surface area contributed by atoms with Crippen LogP contribution in [0.5, 0.6) is 0 Å². The number of aliphatic hydroxyl groups excluding tert-OH is 1. The Morgan fingerprint density at radius 2 is 1.95 bits per heavy atom. The summed E-state index contributed by atoms with van der Waals surface area (Å²) in [6, 6.07) is 3.82. The minimum Gasteiger partial charge on any atom is -0.393 e. The Labute approximate surface area is 115 Å². The van der Waals surface area contributed by atoms with Gasteiger partial charge in [-0.2, -0.15) is 0 Å². The SMILES string of the molecule is O=C1C(=O)N(CN2CCC(O)CC2)c2ccc(F)cc21. The number of aliphatic hydroxyl groups is 1. The van der Waals surface area contributed by atoms with Gasteiger partial charge in [0.2, 0.25) is 0 Å². The number of rotatable bonds is 2. The number of piperidine rings is 1. The highest BCUT2D eigenvalue weighted by atomic mass is 19.1. The molecule has 3 rings (SSSR count). The maximum atomic E-state index is 13.2. The van der Waals surface area contributed by atoms with Crippen LogP contribution in [0.1, 0.15) is 23.2 Å². The van der Waals surface area contributed by atoms with E-state index < -0.39 is 17.5 Å². The van der Waals surface area contributed by atoms with Crippen LogP contribution >= 0.6 is 0 Å². The van der Waals surface area contributed by atoms with Crippen LogP contribution in [0, 0.1) is 5.82 Å². The molecule has 0 saturated carbocycles. The molecule has 0 aromatic heterocycles. The van der Waals surface area contributed by atoms with E-state index in [0.717, 1.165) is 6.07 Å². The largest absolute Gasteiger partial charge is 0.393 e. The Kier molecular flexibility index (Phi) is 3.27. The van der Waals surface area contributed by atoms with E-state index in [4.69, 9.17) is 0 Å². The molecule has 1 fully saturated rings. The third-order valence-electron chi connectivity index (χ3n) is 3.83. The van der Waals surface area contributed by atoms with Crippen LogP contribution in [0.25, 0.3) is 0 Å². The summed E-state index contributed by atoms with van der Waals surface area (Å²) in [6.45, 7) is 1.65. The first-order valence-electron chi connectivity index (χ1n) is 6.62. The molecule has 0 bridgehead atoms. The summed E-state index contributed by atoms with van der Waals surface area (Å²) in [5.74, 6) is -1.79. The number of hydrogen-bond acceptors (Lipinski definition) is 4. The first-order chi connectivity index (χ1) is 9.56. The zero-order valence-electron chi connectivity index (χ0n) is 10.9. The van der Waals surface area contributed by atoms with E-state index >= 15 is 0 Å². The van der Waals surface area contributed by atoms with Crippen molar-refractivity contribution in [3.05, 3.63) is 29.6 Å². The van der Waals surface area contributed by atoms with Gasteiger partial charge in [0, 0.05) is 13.1 Å². The number of carbonyl (C=O) groups is 2. The van der Waals surface area contributed by atoms with Crippen molar-refractivity contribution in [1.29, 1.82) is 0 Å². The molecule has 0 spiro atoms. The standard InChI is InChI=1S/C14H15FN2O3/c15-9-1-2-12-11(7-9)13(19)14(20)17(12)8-16-5-3-10(18)4-6-16/h1-2,7,10,18H,3-6,8H2. The predicted octanol–water partition coefficient (Wildman–Crippen LogP) is 0.769. The van der Waals surface area contributed by atoms with Crippen LogP contribution in [0.4, 0.5) is 10.1 Å². The van der Waals surface area contributed by atoms with Gasteiger partial charge in [-0.25, -0.2) is 4.39 Å². The van der Waals surface area contributed by atoms with Crippen LogP contribution in [-0.2, 0) is 4.79 Å². The Balaban J connectivity index is 1.81. The second-order valence-electron chi connectivity index (χ2n) is 5.21. The molecular weight excluding hydrogens is 263 g/mol. The predicted molar refractivity (Wildman–Crippen MR) is 69.9 cm³/mol. The van der Waals surface area contributed by atoms with Crippen molar-refractivity contribution in [2.75, 3.05) is 24.7 Å². The molecule has 6 heteroatoms. The van der Waals surface area contributed by atoms with E-state index in [1.807, 2.05) is 4.90 Å². The molecule has 1 saturated heterocycles. The molecule has 106 valence electrons. The van der Waals surface area contributed by atoms with Crippen molar-refractivity contribution in [2.45, 2.75) is 18.9 Å². The Morgan fingerprint density at radius 1 is 1.25 bits per heavy atom. The molecule has 0 atom stereocenters. The summed E-state index contributed by atoms with van der Waals surface area (Å²) < 4.78 is 13.2. The lowest BCUT2D eigenvalue weighted by Crippen LogP contribution is -2.45. The van der Waals surface area contributed by atoms with Crippen molar-refractivity contribution >= 4 is 17.4 Å². The van der Waals surface area contributed by atoms with Gasteiger partial charge in [-0.15, -0.1) is 0 Å². The van der Waals surface area contributed by atoms with Gasteiger partial charge in [0.25, 0.3) is 5.78 Å². The lowest BCUT2D eigenvalue weighted by molar-refractivity contribution is -0.114. The highest BCUT2D eigenvalue weighted by Crippen LogP contribution is 2.30. The van der Waals surface area contributed by atoms with Gasteiger partial charge in [0.05, 0.1) is 24.0 Å². The van der Waals surface area contributed by atoms with E-state index in [0.29, 0.717) is 38.3 Å². The van der Waals surface area contributed by atoms with Crippen molar-refractivity contribution < 1.29 is 19.1 Å². The molecule has 1 amide bonds. The van der Waals surface area contributed by atoms with Crippen LogP contribution in [-0.4, -0.2) is 47.6 Å². The van der Waals surface area contributed by atoms with Gasteiger partial charge < -0.3 is 5.11 Å². The van der Waals surface area contributed by atoms with Crippen molar-refractivity contribution in [3.8, 4) is 0 Å². The molecule has 0 unspecified atom stereocenters. The summed E-state index contributed by atoms with van der Waals surface area (Å²) in [4.78, 5) is 27.2. The van der Waals surface area contributed by atoms with Gasteiger partial charge in [-0.3, -0.25) is 19.4 Å². The number of nitrogens with zero attached hydrogens (tertiary/aromatic N) is 2. The van der Waals surface area contributed by atoms with E-state index in [2.05, 4.69) is 0 Å². The van der Waals surface area contributed by atoms with Crippen LogP contribution < -0.4 is 4.90 Å². The zero-order chi connectivity index (χ0) is 14.3. The maximum absolute atomic E-state index is 13.2. The molecule has 20 heavy (non-hydrogen) atoms. The molecule has 0 radical (unpaired) electrons. The number of hydrogen-bond donors (Lipinski definition) is 1. The summed E-state index contributed by atoms with van der Waals surface area (Å²) in [5, 5.41) is 9.47. The van der Waals surface area contributed by atoms with E-state index in [-0.39, 0.29) is 11.7 Å². The normalized spacial score (nSPS) is 20.6. The smallest absolute Gasteiger partial charge is 0.300 e. The molecular formula is C14H15FN2O3. The number of likely N-dealkylation sites (tertiary alicyclic amines) is 1. The quantitative estimate of drug-likeness (QED) is 0.812. The van der Waals surface area contributed by atoms with Gasteiger partial charge in [-0.05, 0) is 31.0 Å². The molecule has 2 heterocycles. The summed E-state index contributed by atoms with van der Waals surface area (Å²) in [7, 11) is 0. The summed E-state index contributed by atoms with van der Waals surface area (Å²) >= 11 is 0. The molecule has 2 aliphatic rings. The van der Waals surface area contributed by atoms with Crippen LogP contribution in [0.15, 0.2) is 18.2 Å². The molecule has 1 aromatic carbocycles. The average Bonchev–Trinajstić information content (AvgIpc) is 2.66. The number of ketones is 1. The van der Waals surface area contributed by atoms with Gasteiger partial charge in [-0.1, -0.05) is 0 Å². The van der Waals surface area contributed by atoms with Gasteiger partial charge >= 0.3 is 5.91 Å². The number of halogens is 1. The fourth-order valence-electron chi connectivity index (χ4n) is 2.67. The van der Waals surface area contributed by atoms with Gasteiger partial charge in [0.15, 0.2) is 0 Å². The molecule has 2 aliphatic heterocycles. The Bertz CT molecular complexity index is 568. The Morgan fingerprint density at radius 3 is 2.65 bits per heavy atom. The van der Waals surface area contributed by atoms with Crippen molar-refractivity contribution in [2.24, 2.45) is 0 Å². The minimum atomic E-state index is -0.656. The number of carbonyl (C=O) groups excluding carboxylic acids is 2. The molecule has 5 nitrogen and oxygen atoms in total. The highest BCUT2D eigenvalue weighted by Gasteiger charge is 2.37. The fourth-order valence-corrected chi connectivity index (χ4v) is 2.67. The van der Waals surface area contributed by atoms with Crippen molar-refractivity contribution in [3.63, 3.8) is 0 Å². The molecule has 1 aromatic rings. The van der Waals surface area contributed by atoms with Gasteiger partial charge in [0.1, 0.15) is 5.82 Å².